The molecule has 0 spiro atoms. The molecule has 0 heterocycles. The number of hydrogen-bond donors (Lipinski definition) is 2. The van der Waals surface area contributed by atoms with E-state index in [9.17, 15) is 0 Å². The van der Waals surface area contributed by atoms with Crippen LogP contribution in [0.1, 0.15) is 18.4 Å². The van der Waals surface area contributed by atoms with Crippen molar-refractivity contribution in [2.24, 2.45) is 5.84 Å². The summed E-state index contributed by atoms with van der Waals surface area (Å²) < 4.78 is 0. The quantitative estimate of drug-likeness (QED) is 0.477. The van der Waals surface area contributed by atoms with Gasteiger partial charge in [0.1, 0.15) is 0 Å². The summed E-state index contributed by atoms with van der Waals surface area (Å²) in [6.07, 6.45) is 7.85. The summed E-state index contributed by atoms with van der Waals surface area (Å²) in [5, 5.41) is 2.56. The predicted octanol–water partition coefficient (Wildman–Crippen LogP) is 2.63. The molecule has 0 aromatic heterocycles. The molecule has 0 aliphatic heterocycles. The van der Waals surface area contributed by atoms with Crippen molar-refractivity contribution in [1.29, 1.82) is 0 Å². The molecule has 2 aromatic rings. The highest BCUT2D eigenvalue weighted by Gasteiger charge is 2.09. The third-order valence-electron chi connectivity index (χ3n) is 3.22. The van der Waals surface area contributed by atoms with Gasteiger partial charge in [-0.15, -0.1) is 12.3 Å². The SMILES string of the molecule is C#CCCC(Cc1cccc2ccccc12)NN. The molecule has 0 fully saturated rings. The fourth-order valence-electron chi connectivity index (χ4n) is 2.24. The van der Waals surface area contributed by atoms with Crippen LogP contribution in [-0.4, -0.2) is 6.04 Å². The minimum Gasteiger partial charge on any atom is -0.271 e. The molecule has 2 aromatic carbocycles. The zero-order valence-electron chi connectivity index (χ0n) is 10.4. The molecule has 1 unspecified atom stereocenters. The molecule has 1 atom stereocenters. The Morgan fingerprint density at radius 1 is 1.17 bits per heavy atom. The van der Waals surface area contributed by atoms with Crippen LogP contribution < -0.4 is 11.3 Å². The topological polar surface area (TPSA) is 38.0 Å². The number of benzene rings is 2. The maximum Gasteiger partial charge on any atom is 0.0260 e. The van der Waals surface area contributed by atoms with Crippen LogP contribution in [-0.2, 0) is 6.42 Å². The van der Waals surface area contributed by atoms with E-state index < -0.39 is 0 Å². The van der Waals surface area contributed by atoms with Crippen molar-refractivity contribution < 1.29 is 0 Å². The van der Waals surface area contributed by atoms with Gasteiger partial charge in [0.25, 0.3) is 0 Å². The smallest absolute Gasteiger partial charge is 0.0260 e. The number of hydrazine groups is 1. The molecule has 0 saturated carbocycles. The number of nitrogens with one attached hydrogen (secondary N) is 1. The van der Waals surface area contributed by atoms with Crippen LogP contribution in [0.2, 0.25) is 0 Å². The maximum absolute atomic E-state index is 5.59. The highest BCUT2D eigenvalue weighted by atomic mass is 15.2. The van der Waals surface area contributed by atoms with Gasteiger partial charge < -0.3 is 0 Å². The van der Waals surface area contributed by atoms with Gasteiger partial charge in [-0.3, -0.25) is 11.3 Å². The Morgan fingerprint density at radius 3 is 2.72 bits per heavy atom. The summed E-state index contributed by atoms with van der Waals surface area (Å²) in [7, 11) is 0. The molecule has 2 rings (SSSR count). The van der Waals surface area contributed by atoms with Gasteiger partial charge in [-0.25, -0.2) is 0 Å². The average molecular weight is 238 g/mol. The van der Waals surface area contributed by atoms with Gasteiger partial charge in [0.05, 0.1) is 0 Å². The lowest BCUT2D eigenvalue weighted by Gasteiger charge is -2.16. The van der Waals surface area contributed by atoms with E-state index in [2.05, 4.69) is 53.8 Å². The van der Waals surface area contributed by atoms with Gasteiger partial charge in [0.2, 0.25) is 0 Å². The van der Waals surface area contributed by atoms with Crippen molar-refractivity contribution in [2.75, 3.05) is 0 Å². The van der Waals surface area contributed by atoms with E-state index in [0.29, 0.717) is 0 Å². The van der Waals surface area contributed by atoms with Crippen LogP contribution in [0.5, 0.6) is 0 Å². The standard InChI is InChI=1S/C16H18N2/c1-2-3-10-15(18-17)12-14-9-6-8-13-7-4-5-11-16(13)14/h1,4-9,11,15,18H,3,10,12,17H2. The van der Waals surface area contributed by atoms with Crippen molar-refractivity contribution in [2.45, 2.75) is 25.3 Å². The number of rotatable bonds is 5. The number of nitrogens with two attached hydrogens (primary N) is 1. The summed E-state index contributed by atoms with van der Waals surface area (Å²) in [6.45, 7) is 0. The molecule has 0 bridgehead atoms. The lowest BCUT2D eigenvalue weighted by atomic mass is 9.97. The zero-order valence-corrected chi connectivity index (χ0v) is 10.4. The first-order chi connectivity index (χ1) is 8.85. The largest absolute Gasteiger partial charge is 0.271 e. The summed E-state index contributed by atoms with van der Waals surface area (Å²) >= 11 is 0. The summed E-state index contributed by atoms with van der Waals surface area (Å²) in [5.41, 5.74) is 4.17. The van der Waals surface area contributed by atoms with Crippen LogP contribution in [0.4, 0.5) is 0 Å². The van der Waals surface area contributed by atoms with Gasteiger partial charge in [-0.2, -0.15) is 0 Å². The van der Waals surface area contributed by atoms with Crippen LogP contribution in [0.25, 0.3) is 10.8 Å². The lowest BCUT2D eigenvalue weighted by Crippen LogP contribution is -2.36. The first-order valence-corrected chi connectivity index (χ1v) is 6.21. The van der Waals surface area contributed by atoms with E-state index in [4.69, 9.17) is 12.3 Å². The van der Waals surface area contributed by atoms with Crippen molar-refractivity contribution in [3.05, 3.63) is 48.0 Å². The first-order valence-electron chi connectivity index (χ1n) is 6.21. The monoisotopic (exact) mass is 238 g/mol. The highest BCUT2D eigenvalue weighted by Crippen LogP contribution is 2.20. The summed E-state index contributed by atoms with van der Waals surface area (Å²) in [4.78, 5) is 0. The predicted molar refractivity (Wildman–Crippen MR) is 76.8 cm³/mol. The third-order valence-corrected chi connectivity index (χ3v) is 3.22. The highest BCUT2D eigenvalue weighted by molar-refractivity contribution is 5.85. The van der Waals surface area contributed by atoms with Gasteiger partial charge in [0.15, 0.2) is 0 Å². The van der Waals surface area contributed by atoms with Gasteiger partial charge >= 0.3 is 0 Å². The van der Waals surface area contributed by atoms with E-state index in [1.54, 1.807) is 0 Å². The van der Waals surface area contributed by atoms with Gasteiger partial charge in [-0.05, 0) is 29.2 Å². The minimum atomic E-state index is 0.229. The van der Waals surface area contributed by atoms with Crippen molar-refractivity contribution in [3.63, 3.8) is 0 Å². The second-order valence-electron chi connectivity index (χ2n) is 4.45. The van der Waals surface area contributed by atoms with E-state index in [1.165, 1.54) is 16.3 Å². The molecule has 18 heavy (non-hydrogen) atoms. The Bertz CT molecular complexity index is 549. The summed E-state index contributed by atoms with van der Waals surface area (Å²) in [6, 6.07) is 15.0. The molecule has 2 heteroatoms. The van der Waals surface area contributed by atoms with Gasteiger partial charge in [0, 0.05) is 12.5 Å². The normalized spacial score (nSPS) is 12.2. The molecule has 0 radical (unpaired) electrons. The Hall–Kier alpha value is -1.82. The molecule has 92 valence electrons. The van der Waals surface area contributed by atoms with Crippen LogP contribution in [0, 0.1) is 12.3 Å². The second-order valence-corrected chi connectivity index (χ2v) is 4.45. The van der Waals surface area contributed by atoms with Crippen LogP contribution >= 0.6 is 0 Å². The molecule has 0 saturated heterocycles. The van der Waals surface area contributed by atoms with Gasteiger partial charge in [-0.1, -0.05) is 42.5 Å². The Kier molecular flexibility index (Phi) is 4.35. The second kappa shape index (κ2) is 6.20. The number of hydrogen-bond acceptors (Lipinski definition) is 2. The van der Waals surface area contributed by atoms with E-state index >= 15 is 0 Å². The van der Waals surface area contributed by atoms with Crippen LogP contribution in [0.3, 0.4) is 0 Å². The molecule has 0 amide bonds. The molecular weight excluding hydrogens is 220 g/mol. The molecule has 0 aliphatic carbocycles. The average Bonchev–Trinajstić information content (AvgIpc) is 2.43. The van der Waals surface area contributed by atoms with Crippen molar-refractivity contribution in [3.8, 4) is 12.3 Å². The third kappa shape index (κ3) is 2.89. The first kappa shape index (κ1) is 12.6. The number of fused-ring (bicyclic) bond motifs is 1. The molecular formula is C16H18N2. The maximum atomic E-state index is 5.59. The van der Waals surface area contributed by atoms with E-state index in [1.807, 2.05) is 0 Å². The minimum absolute atomic E-state index is 0.229. The van der Waals surface area contributed by atoms with E-state index in [-0.39, 0.29) is 6.04 Å². The number of terminal acetylenes is 1. The molecule has 2 nitrogen and oxygen atoms in total. The van der Waals surface area contributed by atoms with E-state index in [0.717, 1.165) is 19.3 Å². The summed E-state index contributed by atoms with van der Waals surface area (Å²) in [5.74, 6) is 8.25. The fraction of sp³-hybridized carbons (Fsp3) is 0.250. The Labute approximate surface area is 108 Å². The van der Waals surface area contributed by atoms with Crippen LogP contribution in [0.15, 0.2) is 42.5 Å². The fourth-order valence-corrected chi connectivity index (χ4v) is 2.24. The Morgan fingerprint density at radius 2 is 1.94 bits per heavy atom. The Balaban J connectivity index is 2.23. The molecule has 3 N–H and O–H groups in total. The zero-order chi connectivity index (χ0) is 12.8. The van der Waals surface area contributed by atoms with Crippen molar-refractivity contribution in [1.82, 2.24) is 5.43 Å². The van der Waals surface area contributed by atoms with Crippen molar-refractivity contribution >= 4 is 10.8 Å². The lowest BCUT2D eigenvalue weighted by molar-refractivity contribution is 0.499. The molecule has 0 aliphatic rings.